The molecule has 9 spiro atoms. The number of rotatable bonds is 7. The number of esters is 2. The van der Waals surface area contributed by atoms with Crippen LogP contribution in [0.4, 0.5) is 0 Å². The number of ketones is 1. The van der Waals surface area contributed by atoms with Crippen LogP contribution in [0, 0.1) is 145 Å². The second-order valence-electron chi connectivity index (χ2n) is 35.9. The molecule has 8 saturated carbocycles. The van der Waals surface area contributed by atoms with Crippen LogP contribution in [-0.4, -0.2) is 106 Å². The highest BCUT2D eigenvalue weighted by Gasteiger charge is 3.02. The van der Waals surface area contributed by atoms with Crippen molar-refractivity contribution >= 4 is 17.7 Å². The van der Waals surface area contributed by atoms with Crippen molar-refractivity contribution in [3.8, 4) is 11.8 Å². The molecule has 95 heavy (non-hydrogen) atoms. The van der Waals surface area contributed by atoms with E-state index in [-0.39, 0.29) is 71.6 Å². The number of carbonyl (C=O) groups excluding carboxylic acids is 3. The molecule has 13 aliphatic carbocycles. The van der Waals surface area contributed by atoms with Gasteiger partial charge in [-0.25, -0.2) is 4.79 Å². The predicted molar refractivity (Wildman–Crippen MR) is 348 cm³/mol. The number of nitrogens with zero attached hydrogens (tertiary/aromatic N) is 1. The molecule has 13 nitrogen and oxygen atoms in total. The lowest BCUT2D eigenvalue weighted by molar-refractivity contribution is -0.324. The standard InChI is InChI=1S/C82H94N2O11/c1-44-57-12-7-6-11-48(57)22-26-74(44)24-8-25-77-64(74)34-56-33-55-30-47-21-27-78-72(90)92-42-76(81(56,78)95-77)67-53(38-75(55,78)36-47)37-73(2)80-54(19-16-52-41-91-63(65(52)80)35-59(62(86)40-85)50-17-20-58-51(32-50)23-28-84-43-83-39-61(58)84)18-15-49-14-13-46(29-45-9-4-3-5-10-45)31-60(49)79(67,69(88)66(87)68(76)77)82(73)70(93-82)71(89)94-80/h3-5,8-10,21-24,26-28,34,41,44,46-51,53-55,57-62,64,67-70,83,85-86,88H,6-7,11-14,16-17,19-20,25,29-33,35-40,42-43H2,1-2H3/t44-,46+,47-,48+,49+,50-,51-,53+,54-,55-,57+,58+,59+,60+,61-,62-,64+,67-,68+,69-,70-,73+,74+,75+,76-,77+,78-,79+,80+,81-,82-/m1/s1. The molecule has 13 fully saturated rings. The highest BCUT2D eigenvalue weighted by Crippen LogP contribution is 2.94. The molecule has 13 heteroatoms. The molecular formula is C82H94N2O11. The van der Waals surface area contributed by atoms with E-state index in [1.54, 1.807) is 0 Å². The summed E-state index contributed by atoms with van der Waals surface area (Å²) in [5.41, 5.74) is -7.36. The first kappa shape index (κ1) is 57.8. The van der Waals surface area contributed by atoms with E-state index in [0.717, 1.165) is 82.1 Å². The molecule has 8 heterocycles. The first-order valence-electron chi connectivity index (χ1n) is 38.0. The predicted octanol–water partition coefficient (Wildman–Crippen LogP) is 10.5. The summed E-state index contributed by atoms with van der Waals surface area (Å²) in [6, 6.07) is 11.3. The Balaban J connectivity index is 0.791. The zero-order valence-electron chi connectivity index (χ0n) is 55.3. The summed E-state index contributed by atoms with van der Waals surface area (Å²) in [5, 5.41) is 42.6. The summed E-state index contributed by atoms with van der Waals surface area (Å²) in [5.74, 6) is 7.17. The number of carbonyl (C=O) groups is 3. The average molecular weight is 1280 g/mol. The number of hydrogen-bond acceptors (Lipinski definition) is 13. The van der Waals surface area contributed by atoms with Crippen LogP contribution in [0.15, 0.2) is 101 Å². The molecule has 5 saturated heterocycles. The Hall–Kier alpha value is -5.07. The summed E-state index contributed by atoms with van der Waals surface area (Å²) >= 11 is 0. The van der Waals surface area contributed by atoms with E-state index >= 15 is 19.5 Å². The lowest BCUT2D eigenvalue weighted by Crippen LogP contribution is -2.85. The summed E-state index contributed by atoms with van der Waals surface area (Å²) in [6.45, 7) is 6.27. The van der Waals surface area contributed by atoms with Gasteiger partial charge >= 0.3 is 11.9 Å². The van der Waals surface area contributed by atoms with Crippen molar-refractivity contribution in [3.05, 3.63) is 119 Å². The zero-order chi connectivity index (χ0) is 63.6. The topological polar surface area (TPSA) is 181 Å². The fourth-order valence-corrected chi connectivity index (χ4v) is 31.2. The van der Waals surface area contributed by atoms with Gasteiger partial charge in [0.05, 0.1) is 48.5 Å². The van der Waals surface area contributed by atoms with Crippen molar-refractivity contribution in [2.24, 2.45) is 133 Å². The van der Waals surface area contributed by atoms with Gasteiger partial charge in [-0.2, -0.15) is 0 Å². The number of fused-ring (bicyclic) bond motifs is 8. The Kier molecular flexibility index (Phi) is 11.4. The highest BCUT2D eigenvalue weighted by atomic mass is 16.7. The smallest absolute Gasteiger partial charge is 0.339 e. The molecule has 31 atom stereocenters. The third kappa shape index (κ3) is 6.14. The van der Waals surface area contributed by atoms with Crippen LogP contribution in [0.3, 0.4) is 0 Å². The molecule has 0 unspecified atom stereocenters. The number of nitrogens with one attached hydrogen (secondary N) is 1. The third-order valence-corrected chi connectivity index (χ3v) is 33.8. The molecule has 20 aliphatic rings. The Bertz CT molecular complexity index is 3970. The number of aliphatic hydroxyl groups excluding tert-OH is 3. The van der Waals surface area contributed by atoms with Gasteiger partial charge in [0.25, 0.3) is 0 Å². The number of aliphatic hydroxyl groups is 3. The molecule has 4 N–H and O–H groups in total. The van der Waals surface area contributed by atoms with Crippen molar-refractivity contribution in [2.45, 2.75) is 189 Å². The quantitative estimate of drug-likeness (QED) is 0.0891. The van der Waals surface area contributed by atoms with Gasteiger partial charge in [-0.15, -0.1) is 0 Å². The lowest BCUT2D eigenvalue weighted by Gasteiger charge is -2.75. The number of allylic oxidation sites excluding steroid dienone is 5. The van der Waals surface area contributed by atoms with Gasteiger partial charge in [-0.1, -0.05) is 117 Å². The van der Waals surface area contributed by atoms with Crippen molar-refractivity contribution in [2.75, 3.05) is 26.4 Å². The summed E-state index contributed by atoms with van der Waals surface area (Å²) < 4.78 is 39.1. The largest absolute Gasteiger partial charge is 0.469 e. The van der Waals surface area contributed by atoms with Crippen LogP contribution < -0.4 is 5.32 Å². The number of cyclic esters (lactones) is 1. The minimum atomic E-state index is -1.61. The maximum Gasteiger partial charge on any atom is 0.339 e. The minimum Gasteiger partial charge on any atom is -0.469 e. The molecule has 2 aromatic rings. The molecule has 22 rings (SSSR count). The SMILES string of the molecule is C[C@@H]1[C@@H]2CCCC[C@H]2C=C[C@@]12C=CC[C@]13O[C@@]45C(=C[C@@H]21)C[C@H]1C[C@H]2C=C[C@]46C(=O)OC[C@@]54[C@@H]3C(=O)[C@@H](O)[C@]35[C@@H]4[C@H](C[C@@]16C2)C[C@]1(C)[C@@]32O[C@@H]2C(=O)O[C@@]12c1c(coc1C[C@@H]([C@@H]1CC[C@H]3[C@H](C=CN4CNC[C@H]34)C1)[C@H](O)CO)CC[C@H]2C#C[C@@H]1CC[C@@H](Cc2ccccc2)C[C@@H]15. The van der Waals surface area contributed by atoms with E-state index in [4.69, 9.17) is 23.4 Å². The van der Waals surface area contributed by atoms with E-state index in [0.29, 0.717) is 80.4 Å². The van der Waals surface area contributed by atoms with Gasteiger partial charge in [0.15, 0.2) is 17.5 Å². The molecule has 498 valence electrons. The van der Waals surface area contributed by atoms with Crippen LogP contribution in [0.25, 0.3) is 0 Å². The molecular weight excluding hydrogens is 1190 g/mol. The molecule has 10 bridgehead atoms. The molecule has 1 aromatic carbocycles. The van der Waals surface area contributed by atoms with Gasteiger partial charge < -0.3 is 43.6 Å². The Morgan fingerprint density at radius 2 is 1.79 bits per heavy atom. The van der Waals surface area contributed by atoms with Gasteiger partial charge in [-0.05, 0) is 214 Å². The number of epoxide rings is 1. The fourth-order valence-electron chi connectivity index (χ4n) is 31.2. The second kappa shape index (κ2) is 18.7. The summed E-state index contributed by atoms with van der Waals surface area (Å²) in [6.07, 6.45) is 36.7. The molecule has 1 aromatic heterocycles. The lowest BCUT2D eigenvalue weighted by atomic mass is 9.27. The Labute approximate surface area is 558 Å². The van der Waals surface area contributed by atoms with Crippen molar-refractivity contribution < 1.29 is 53.1 Å². The first-order chi connectivity index (χ1) is 46.1. The number of benzene rings is 1. The molecule has 0 amide bonds. The van der Waals surface area contributed by atoms with E-state index in [1.807, 2.05) is 6.26 Å². The summed E-state index contributed by atoms with van der Waals surface area (Å²) in [7, 11) is 0. The fraction of sp³-hybridized carbons (Fsp3) is 0.695. The maximum atomic E-state index is 18.3. The van der Waals surface area contributed by atoms with E-state index in [9.17, 15) is 10.2 Å². The number of aryl methyl sites for hydroxylation is 1. The number of hydrogen-bond donors (Lipinski definition) is 4. The monoisotopic (exact) mass is 1280 g/mol. The normalized spacial score (nSPS) is 54.9. The van der Waals surface area contributed by atoms with E-state index < -0.39 is 109 Å². The number of Topliss-reactive ketones (excluding diaryl/α,β-unsaturated/α-hetero) is 1. The van der Waals surface area contributed by atoms with Crippen LogP contribution in [0.1, 0.15) is 145 Å². The van der Waals surface area contributed by atoms with E-state index in [1.165, 1.54) is 36.8 Å². The van der Waals surface area contributed by atoms with Crippen LogP contribution in [0.5, 0.6) is 0 Å². The van der Waals surface area contributed by atoms with Crippen LogP contribution in [0.2, 0.25) is 0 Å². The third-order valence-electron chi connectivity index (χ3n) is 33.8. The maximum absolute atomic E-state index is 18.3. The van der Waals surface area contributed by atoms with Crippen molar-refractivity contribution in [1.29, 1.82) is 0 Å². The van der Waals surface area contributed by atoms with Gasteiger partial charge in [0.1, 0.15) is 35.1 Å². The second-order valence-corrected chi connectivity index (χ2v) is 35.9. The van der Waals surface area contributed by atoms with Gasteiger partial charge in [0, 0.05) is 52.7 Å². The molecule has 7 aliphatic heterocycles. The number of ether oxygens (including phenoxy) is 4. The average Bonchev–Trinajstić information content (AvgIpc) is 1.42. The summed E-state index contributed by atoms with van der Waals surface area (Å²) in [4.78, 5) is 54.1. The van der Waals surface area contributed by atoms with Gasteiger partial charge in [0.2, 0.25) is 0 Å². The Morgan fingerprint density at radius 3 is 2.67 bits per heavy atom. The Morgan fingerprint density at radius 1 is 0.905 bits per heavy atom. The first-order valence-corrected chi connectivity index (χ1v) is 38.0. The van der Waals surface area contributed by atoms with Gasteiger partial charge in [-0.3, -0.25) is 14.9 Å². The van der Waals surface area contributed by atoms with Crippen molar-refractivity contribution in [3.63, 3.8) is 0 Å². The van der Waals surface area contributed by atoms with E-state index in [2.05, 4.69) is 121 Å². The van der Waals surface area contributed by atoms with Crippen LogP contribution in [-0.2, 0) is 58.2 Å². The van der Waals surface area contributed by atoms with Crippen molar-refractivity contribution in [1.82, 2.24) is 10.2 Å². The molecule has 0 radical (unpaired) electrons. The zero-order valence-corrected chi connectivity index (χ0v) is 55.3. The highest BCUT2D eigenvalue weighted by molar-refractivity contribution is 5.96. The minimum absolute atomic E-state index is 0.0125. The number of furan rings is 1. The van der Waals surface area contributed by atoms with Crippen LogP contribution >= 0.6 is 0 Å².